The maximum absolute atomic E-state index is 14.3. The van der Waals surface area contributed by atoms with E-state index in [1.807, 2.05) is 12.2 Å². The quantitative estimate of drug-likeness (QED) is 0.278. The van der Waals surface area contributed by atoms with E-state index in [4.69, 9.17) is 16.3 Å². The Balaban J connectivity index is 1.27. The lowest BCUT2D eigenvalue weighted by atomic mass is 10.0. The summed E-state index contributed by atoms with van der Waals surface area (Å²) in [5, 5.41) is 9.05. The van der Waals surface area contributed by atoms with Crippen molar-refractivity contribution in [1.29, 1.82) is 0 Å². The number of amides is 5. The summed E-state index contributed by atoms with van der Waals surface area (Å²) < 4.78 is 33.1. The lowest BCUT2D eigenvalue weighted by Gasteiger charge is -2.30. The fourth-order valence-electron chi connectivity index (χ4n) is 6.84. The summed E-state index contributed by atoms with van der Waals surface area (Å²) in [5.74, 6) is -2.92. The van der Waals surface area contributed by atoms with Crippen molar-refractivity contribution in [2.75, 3.05) is 6.54 Å². The van der Waals surface area contributed by atoms with Gasteiger partial charge in [0.1, 0.15) is 28.9 Å². The molecule has 3 fully saturated rings. The first-order chi connectivity index (χ1) is 24.0. The second kappa shape index (κ2) is 14.1. The van der Waals surface area contributed by atoms with E-state index in [9.17, 15) is 32.4 Å². The molecule has 6 rings (SSSR count). The molecule has 0 unspecified atom stereocenters. The molecule has 3 heterocycles. The smallest absolute Gasteiger partial charge is 0.408 e. The molecule has 5 atom stereocenters. The van der Waals surface area contributed by atoms with E-state index in [2.05, 4.69) is 25.7 Å². The van der Waals surface area contributed by atoms with Crippen molar-refractivity contribution in [3.63, 3.8) is 0 Å². The van der Waals surface area contributed by atoms with Gasteiger partial charge in [-0.05, 0) is 90.0 Å². The predicted octanol–water partition coefficient (Wildman–Crippen LogP) is 3.42. The van der Waals surface area contributed by atoms with Crippen molar-refractivity contribution in [1.82, 2.24) is 30.6 Å². The van der Waals surface area contributed by atoms with Crippen LogP contribution >= 0.6 is 11.6 Å². The van der Waals surface area contributed by atoms with E-state index >= 15 is 0 Å². The Labute approximate surface area is 301 Å². The molecular formula is C35H45ClN6O8S. The van der Waals surface area contributed by atoms with Gasteiger partial charge in [0.15, 0.2) is 0 Å². The van der Waals surface area contributed by atoms with E-state index in [0.29, 0.717) is 36.2 Å². The fourth-order valence-corrected chi connectivity index (χ4v) is 8.39. The summed E-state index contributed by atoms with van der Waals surface area (Å²) in [4.78, 5) is 72.8. The normalized spacial score (nSPS) is 27.3. The third-order valence-electron chi connectivity index (χ3n) is 9.73. The maximum Gasteiger partial charge on any atom is 0.408 e. The summed E-state index contributed by atoms with van der Waals surface area (Å²) in [6.07, 6.45) is 7.19. The molecule has 2 aromatic rings. The lowest BCUT2D eigenvalue weighted by molar-refractivity contribution is -0.141. The van der Waals surface area contributed by atoms with Crippen LogP contribution in [0, 0.1) is 5.92 Å². The monoisotopic (exact) mass is 744 g/mol. The standard InChI is InChI=1S/C35H45ClN6O8S/c1-34(2,3)50-33(47)39-26-10-8-6-4-5-7-9-21-18-35(21,32(46)41-51(48,49)24-12-13-24)40-30(44)28-17-23(19-42(28)31(26)45)37-29(43)27-16-20-15-22(36)11-14-25(20)38-27/h7,9,11,14-16,21,23-24,26,28,38H,4-6,8,10,12-13,17-19H2,1-3H3,(H,37,43)(H,39,47)(H,40,44)(H,41,46)/t21-,23-,26+,28+,35-/m1/s1. The van der Waals surface area contributed by atoms with E-state index < -0.39 is 80.2 Å². The fraction of sp³-hybridized carbons (Fsp3) is 0.571. The summed E-state index contributed by atoms with van der Waals surface area (Å²) >= 11 is 6.12. The number of nitrogens with one attached hydrogen (secondary N) is 5. The molecule has 1 aromatic carbocycles. The molecule has 2 saturated carbocycles. The van der Waals surface area contributed by atoms with Gasteiger partial charge in [-0.3, -0.25) is 23.9 Å². The van der Waals surface area contributed by atoms with E-state index in [1.165, 1.54) is 4.90 Å². The van der Waals surface area contributed by atoms with Crippen LogP contribution in [0.1, 0.15) is 89.0 Å². The largest absolute Gasteiger partial charge is 0.444 e. The minimum Gasteiger partial charge on any atom is -0.444 e. The van der Waals surface area contributed by atoms with Gasteiger partial charge in [-0.2, -0.15) is 0 Å². The highest BCUT2D eigenvalue weighted by atomic mass is 35.5. The Morgan fingerprint density at radius 3 is 2.53 bits per heavy atom. The average Bonchev–Trinajstić information content (AvgIpc) is 3.93. The van der Waals surface area contributed by atoms with Gasteiger partial charge in [-0.25, -0.2) is 13.2 Å². The number of halogens is 1. The number of fused-ring (bicyclic) bond motifs is 3. The molecule has 2 aliphatic carbocycles. The summed E-state index contributed by atoms with van der Waals surface area (Å²) in [6.45, 7) is 5.07. The molecule has 51 heavy (non-hydrogen) atoms. The predicted molar refractivity (Wildman–Crippen MR) is 189 cm³/mol. The third-order valence-corrected chi connectivity index (χ3v) is 11.8. The molecule has 14 nitrogen and oxygen atoms in total. The molecule has 2 aliphatic heterocycles. The number of carbonyl (C=O) groups is 5. The van der Waals surface area contributed by atoms with Crippen molar-refractivity contribution >= 4 is 62.2 Å². The number of aromatic amines is 1. The zero-order valence-electron chi connectivity index (χ0n) is 28.9. The minimum atomic E-state index is -3.90. The van der Waals surface area contributed by atoms with E-state index in [-0.39, 0.29) is 31.5 Å². The Hall–Kier alpha value is -4.11. The summed E-state index contributed by atoms with van der Waals surface area (Å²) in [7, 11) is -3.90. The number of H-pyrrole nitrogens is 1. The van der Waals surface area contributed by atoms with E-state index in [1.54, 1.807) is 45.0 Å². The molecule has 0 bridgehead atoms. The van der Waals surface area contributed by atoms with Crippen LogP contribution in [0.15, 0.2) is 36.4 Å². The Bertz CT molecular complexity index is 1870. The number of allylic oxidation sites excluding steroid dienone is 1. The molecule has 1 saturated heterocycles. The molecule has 5 N–H and O–H groups in total. The van der Waals surface area contributed by atoms with Crippen LogP contribution < -0.4 is 20.7 Å². The molecule has 0 spiro atoms. The van der Waals surface area contributed by atoms with Crippen LogP contribution in [0.5, 0.6) is 0 Å². The van der Waals surface area contributed by atoms with Gasteiger partial charge in [-0.15, -0.1) is 0 Å². The van der Waals surface area contributed by atoms with Crippen LogP contribution in [0.25, 0.3) is 10.9 Å². The second-order valence-corrected chi connectivity index (χ2v) is 17.4. The Morgan fingerprint density at radius 1 is 1.04 bits per heavy atom. The number of benzene rings is 1. The number of nitrogens with zero attached hydrogens (tertiary/aromatic N) is 1. The van der Waals surface area contributed by atoms with Crippen LogP contribution in [-0.2, 0) is 29.1 Å². The lowest BCUT2D eigenvalue weighted by Crippen LogP contribution is -2.58. The Morgan fingerprint density at radius 2 is 1.80 bits per heavy atom. The molecule has 1 aromatic heterocycles. The minimum absolute atomic E-state index is 0.00705. The first-order valence-electron chi connectivity index (χ1n) is 17.5. The third kappa shape index (κ3) is 8.52. The number of sulfonamides is 1. The number of aromatic nitrogens is 1. The van der Waals surface area contributed by atoms with Crippen molar-refractivity contribution in [2.24, 2.45) is 5.92 Å². The number of hydrogen-bond donors (Lipinski definition) is 5. The molecular weight excluding hydrogens is 700 g/mol. The molecule has 276 valence electrons. The molecule has 5 amide bonds. The van der Waals surface area contributed by atoms with Crippen LogP contribution in [0.2, 0.25) is 5.02 Å². The van der Waals surface area contributed by atoms with Crippen molar-refractivity contribution in [3.05, 3.63) is 47.1 Å². The highest BCUT2D eigenvalue weighted by Crippen LogP contribution is 2.46. The molecule has 4 aliphatic rings. The highest BCUT2D eigenvalue weighted by molar-refractivity contribution is 7.91. The number of hydrogen-bond acceptors (Lipinski definition) is 8. The first-order valence-corrected chi connectivity index (χ1v) is 19.4. The summed E-state index contributed by atoms with van der Waals surface area (Å²) in [5.41, 5.74) is -1.38. The van der Waals surface area contributed by atoms with Gasteiger partial charge in [0.05, 0.1) is 5.25 Å². The van der Waals surface area contributed by atoms with Crippen molar-refractivity contribution < 1.29 is 37.1 Å². The molecule has 16 heteroatoms. The number of rotatable bonds is 6. The SMILES string of the molecule is CC(C)(C)OC(=O)N[C@H]1CCCCCC=C[C@@H]2C[C@@]2(C(=O)NS(=O)(=O)C2CC2)NC(=O)[C@@H]2C[C@@H](NC(=O)c3cc4cc(Cl)ccc4[nH]3)CN2C1=O. The Kier molecular flexibility index (Phi) is 10.2. The average molecular weight is 745 g/mol. The van der Waals surface area contributed by atoms with Crippen LogP contribution in [0.3, 0.4) is 0 Å². The van der Waals surface area contributed by atoms with Crippen molar-refractivity contribution in [2.45, 2.75) is 113 Å². The number of ether oxygens (including phenoxy) is 1. The zero-order chi connectivity index (χ0) is 36.7. The molecule has 0 radical (unpaired) electrons. The maximum atomic E-state index is 14.3. The van der Waals surface area contributed by atoms with Crippen molar-refractivity contribution in [3.8, 4) is 0 Å². The first kappa shape index (κ1) is 36.7. The van der Waals surface area contributed by atoms with Gasteiger partial charge in [0.25, 0.3) is 11.8 Å². The van der Waals surface area contributed by atoms with Crippen LogP contribution in [0.4, 0.5) is 4.79 Å². The summed E-state index contributed by atoms with van der Waals surface area (Å²) in [6, 6.07) is 3.98. The van der Waals surface area contributed by atoms with E-state index in [0.717, 1.165) is 18.2 Å². The van der Waals surface area contributed by atoms with Crippen LogP contribution in [-0.4, -0.2) is 89.1 Å². The van der Waals surface area contributed by atoms with Gasteiger partial charge < -0.3 is 30.6 Å². The topological polar surface area (TPSA) is 196 Å². The van der Waals surface area contributed by atoms with Gasteiger partial charge in [0, 0.05) is 34.4 Å². The highest BCUT2D eigenvalue weighted by Gasteiger charge is 2.62. The zero-order valence-corrected chi connectivity index (χ0v) is 30.5. The number of alkyl carbamates (subject to hydrolysis) is 1. The van der Waals surface area contributed by atoms with Gasteiger partial charge in [-0.1, -0.05) is 36.6 Å². The second-order valence-electron chi connectivity index (χ2n) is 15.0. The van der Waals surface area contributed by atoms with Gasteiger partial charge in [0.2, 0.25) is 21.8 Å². The van der Waals surface area contributed by atoms with Gasteiger partial charge >= 0.3 is 6.09 Å². The number of carbonyl (C=O) groups excluding carboxylic acids is 5.